The van der Waals surface area contributed by atoms with Crippen molar-refractivity contribution in [3.63, 3.8) is 0 Å². The van der Waals surface area contributed by atoms with Crippen molar-refractivity contribution in [1.29, 1.82) is 0 Å². The molecule has 0 spiro atoms. The van der Waals surface area contributed by atoms with Gasteiger partial charge >= 0.3 is 5.97 Å². The maximum atomic E-state index is 11.9. The number of carboxylic acids is 1. The predicted molar refractivity (Wildman–Crippen MR) is 75.1 cm³/mol. The lowest BCUT2D eigenvalue weighted by Crippen LogP contribution is -2.47. The van der Waals surface area contributed by atoms with Crippen molar-refractivity contribution in [3.8, 4) is 0 Å². The van der Waals surface area contributed by atoms with E-state index in [1.807, 2.05) is 6.26 Å². The van der Waals surface area contributed by atoms with Gasteiger partial charge in [-0.3, -0.25) is 14.4 Å². The van der Waals surface area contributed by atoms with Crippen molar-refractivity contribution in [2.45, 2.75) is 38.6 Å². The molecule has 0 saturated heterocycles. The highest BCUT2D eigenvalue weighted by atomic mass is 32.2. The Bertz CT molecular complexity index is 310. The summed E-state index contributed by atoms with van der Waals surface area (Å²) in [7, 11) is 0. The SMILES string of the molecule is CCC(=O)NC(CCSC)C(=O)NCCCC(=O)O. The molecule has 7 heteroatoms. The van der Waals surface area contributed by atoms with Gasteiger partial charge in [0.1, 0.15) is 6.04 Å². The molecule has 0 bridgehead atoms. The summed E-state index contributed by atoms with van der Waals surface area (Å²) in [5, 5.41) is 13.8. The third-order valence-electron chi connectivity index (χ3n) is 2.45. The molecule has 3 N–H and O–H groups in total. The van der Waals surface area contributed by atoms with E-state index in [0.29, 0.717) is 25.8 Å². The van der Waals surface area contributed by atoms with Gasteiger partial charge in [-0.15, -0.1) is 0 Å². The largest absolute Gasteiger partial charge is 0.481 e. The summed E-state index contributed by atoms with van der Waals surface area (Å²) in [6.07, 6.45) is 3.25. The molecule has 0 aliphatic heterocycles. The summed E-state index contributed by atoms with van der Waals surface area (Å²) >= 11 is 1.61. The summed E-state index contributed by atoms with van der Waals surface area (Å²) < 4.78 is 0. The molecule has 6 nitrogen and oxygen atoms in total. The Morgan fingerprint density at radius 3 is 2.53 bits per heavy atom. The molecule has 0 heterocycles. The van der Waals surface area contributed by atoms with E-state index in [1.165, 1.54) is 0 Å². The highest BCUT2D eigenvalue weighted by Gasteiger charge is 2.19. The van der Waals surface area contributed by atoms with Crippen molar-refractivity contribution < 1.29 is 19.5 Å². The van der Waals surface area contributed by atoms with Crippen LogP contribution in [0.15, 0.2) is 0 Å². The first-order valence-electron chi connectivity index (χ1n) is 6.29. The zero-order chi connectivity index (χ0) is 14.7. The summed E-state index contributed by atoms with van der Waals surface area (Å²) in [6.45, 7) is 2.04. The number of carboxylic acid groups (broad SMARTS) is 1. The van der Waals surface area contributed by atoms with E-state index in [1.54, 1.807) is 18.7 Å². The molecule has 0 aromatic heterocycles. The van der Waals surface area contributed by atoms with Crippen molar-refractivity contribution in [2.75, 3.05) is 18.6 Å². The van der Waals surface area contributed by atoms with Crippen LogP contribution in [0.2, 0.25) is 0 Å². The topological polar surface area (TPSA) is 95.5 Å². The quantitative estimate of drug-likeness (QED) is 0.513. The van der Waals surface area contributed by atoms with Gasteiger partial charge in [0.15, 0.2) is 0 Å². The maximum absolute atomic E-state index is 11.9. The van der Waals surface area contributed by atoms with Crippen LogP contribution in [0.25, 0.3) is 0 Å². The zero-order valence-corrected chi connectivity index (χ0v) is 12.2. The van der Waals surface area contributed by atoms with Gasteiger partial charge in [-0.05, 0) is 24.9 Å². The van der Waals surface area contributed by atoms with Gasteiger partial charge in [0.05, 0.1) is 0 Å². The van der Waals surface area contributed by atoms with Gasteiger partial charge in [-0.25, -0.2) is 0 Å². The third-order valence-corrected chi connectivity index (χ3v) is 3.09. The lowest BCUT2D eigenvalue weighted by molar-refractivity contribution is -0.137. The lowest BCUT2D eigenvalue weighted by Gasteiger charge is -2.17. The zero-order valence-electron chi connectivity index (χ0n) is 11.4. The first-order valence-corrected chi connectivity index (χ1v) is 7.68. The summed E-state index contributed by atoms with van der Waals surface area (Å²) in [5.41, 5.74) is 0. The summed E-state index contributed by atoms with van der Waals surface area (Å²) in [6, 6.07) is -0.537. The van der Waals surface area contributed by atoms with Crippen molar-refractivity contribution >= 4 is 29.5 Å². The number of hydrogen-bond donors (Lipinski definition) is 3. The Morgan fingerprint density at radius 1 is 1.32 bits per heavy atom. The molecular formula is C12H22N2O4S. The van der Waals surface area contributed by atoms with Gasteiger partial charge in [-0.1, -0.05) is 6.92 Å². The van der Waals surface area contributed by atoms with Crippen molar-refractivity contribution in [3.05, 3.63) is 0 Å². The maximum Gasteiger partial charge on any atom is 0.303 e. The van der Waals surface area contributed by atoms with Gasteiger partial charge < -0.3 is 15.7 Å². The molecule has 0 aromatic carbocycles. The standard InChI is InChI=1S/C12H22N2O4S/c1-3-10(15)14-9(6-8-19-2)12(18)13-7-4-5-11(16)17/h9H,3-8H2,1-2H3,(H,13,18)(H,14,15)(H,16,17). The Labute approximate surface area is 117 Å². The molecule has 0 radical (unpaired) electrons. The van der Waals surface area contributed by atoms with Crippen LogP contribution in [0.5, 0.6) is 0 Å². The van der Waals surface area contributed by atoms with Crippen LogP contribution in [-0.2, 0) is 14.4 Å². The predicted octanol–water partition coefficient (Wildman–Crippen LogP) is 0.615. The Morgan fingerprint density at radius 2 is 2.00 bits per heavy atom. The van der Waals surface area contributed by atoms with Crippen molar-refractivity contribution in [2.24, 2.45) is 0 Å². The van der Waals surface area contributed by atoms with E-state index in [9.17, 15) is 14.4 Å². The minimum atomic E-state index is -0.882. The minimum Gasteiger partial charge on any atom is -0.481 e. The molecule has 0 aliphatic carbocycles. The molecule has 0 saturated carbocycles. The molecular weight excluding hydrogens is 268 g/mol. The van der Waals surface area contributed by atoms with E-state index >= 15 is 0 Å². The van der Waals surface area contributed by atoms with Gasteiger partial charge in [0.25, 0.3) is 0 Å². The van der Waals surface area contributed by atoms with Crippen LogP contribution in [0.3, 0.4) is 0 Å². The smallest absolute Gasteiger partial charge is 0.303 e. The van der Waals surface area contributed by atoms with E-state index in [2.05, 4.69) is 10.6 Å². The number of rotatable bonds is 10. The molecule has 0 fully saturated rings. The lowest BCUT2D eigenvalue weighted by atomic mass is 10.2. The number of carbonyl (C=O) groups is 3. The van der Waals surface area contributed by atoms with Crippen molar-refractivity contribution in [1.82, 2.24) is 10.6 Å². The molecule has 1 unspecified atom stereocenters. The van der Waals surface area contributed by atoms with Crippen LogP contribution < -0.4 is 10.6 Å². The Balaban J connectivity index is 4.13. The summed E-state index contributed by atoms with van der Waals surface area (Å²) in [5.74, 6) is -0.516. The second-order valence-corrected chi connectivity index (χ2v) is 5.03. The number of nitrogens with one attached hydrogen (secondary N) is 2. The van der Waals surface area contributed by atoms with Crippen LogP contribution in [0.4, 0.5) is 0 Å². The van der Waals surface area contributed by atoms with Gasteiger partial charge in [0.2, 0.25) is 11.8 Å². The fraction of sp³-hybridized carbons (Fsp3) is 0.750. The normalized spacial score (nSPS) is 11.7. The number of hydrogen-bond acceptors (Lipinski definition) is 4. The van der Waals surface area contributed by atoms with E-state index in [0.717, 1.165) is 5.75 Å². The van der Waals surface area contributed by atoms with Crippen LogP contribution in [-0.4, -0.2) is 47.5 Å². The fourth-order valence-electron chi connectivity index (χ4n) is 1.38. The first kappa shape index (κ1) is 17.8. The van der Waals surface area contributed by atoms with Gasteiger partial charge in [-0.2, -0.15) is 11.8 Å². The fourth-order valence-corrected chi connectivity index (χ4v) is 1.85. The Hall–Kier alpha value is -1.24. The molecule has 0 rings (SSSR count). The number of aliphatic carboxylic acids is 1. The number of thioether (sulfide) groups is 1. The Kier molecular flexibility index (Phi) is 9.97. The number of amides is 2. The molecule has 110 valence electrons. The van der Waals surface area contributed by atoms with Crippen LogP contribution in [0, 0.1) is 0 Å². The van der Waals surface area contributed by atoms with Crippen LogP contribution >= 0.6 is 11.8 Å². The number of carbonyl (C=O) groups excluding carboxylic acids is 2. The van der Waals surface area contributed by atoms with E-state index in [4.69, 9.17) is 5.11 Å². The molecule has 2 amide bonds. The van der Waals surface area contributed by atoms with E-state index < -0.39 is 12.0 Å². The monoisotopic (exact) mass is 290 g/mol. The minimum absolute atomic E-state index is 0.0249. The average Bonchev–Trinajstić information content (AvgIpc) is 2.38. The highest BCUT2D eigenvalue weighted by Crippen LogP contribution is 2.02. The summed E-state index contributed by atoms with van der Waals surface area (Å²) in [4.78, 5) is 33.5. The molecule has 0 aromatic rings. The van der Waals surface area contributed by atoms with Crippen LogP contribution in [0.1, 0.15) is 32.6 Å². The average molecular weight is 290 g/mol. The molecule has 0 aliphatic rings. The van der Waals surface area contributed by atoms with E-state index in [-0.39, 0.29) is 18.2 Å². The molecule has 1 atom stereocenters. The highest BCUT2D eigenvalue weighted by molar-refractivity contribution is 7.98. The first-order chi connectivity index (χ1) is 9.01. The second kappa shape index (κ2) is 10.7. The third kappa shape index (κ3) is 9.35. The second-order valence-electron chi connectivity index (χ2n) is 4.04. The molecule has 19 heavy (non-hydrogen) atoms. The van der Waals surface area contributed by atoms with Gasteiger partial charge in [0, 0.05) is 19.4 Å².